The maximum Gasteiger partial charge on any atom is 0.346 e. The van der Waals surface area contributed by atoms with Crippen molar-refractivity contribution in [2.75, 3.05) is 60.8 Å². The van der Waals surface area contributed by atoms with Crippen LogP contribution in [-0.2, 0) is 23.7 Å². The molecule has 0 fully saturated rings. The number of nitrogens with zero attached hydrogens (tertiary/aromatic N) is 1. The van der Waals surface area contributed by atoms with Gasteiger partial charge in [0.25, 0.3) is 0 Å². The fourth-order valence-corrected chi connectivity index (χ4v) is 1.41. The number of hydrogen-bond donors (Lipinski definition) is 0. The second kappa shape index (κ2) is 14.1. The predicted molar refractivity (Wildman–Crippen MR) is 84.2 cm³/mol. The van der Waals surface area contributed by atoms with E-state index in [0.717, 1.165) is 0 Å². The Kier molecular flexibility index (Phi) is 13.0. The summed E-state index contributed by atoms with van der Waals surface area (Å²) in [4.78, 5) is 13.7. The first-order chi connectivity index (χ1) is 10.7. The summed E-state index contributed by atoms with van der Waals surface area (Å²) in [5.41, 5.74) is 0.158. The highest BCUT2D eigenvalue weighted by molar-refractivity contribution is 5.93. The Morgan fingerprint density at radius 2 is 1.64 bits per heavy atom. The van der Waals surface area contributed by atoms with Crippen molar-refractivity contribution in [3.05, 3.63) is 23.9 Å². The molecule has 0 aliphatic carbocycles. The van der Waals surface area contributed by atoms with E-state index in [2.05, 4.69) is 5.92 Å². The van der Waals surface area contributed by atoms with Crippen LogP contribution in [0.5, 0.6) is 0 Å². The van der Waals surface area contributed by atoms with Crippen LogP contribution in [0.4, 0.5) is 0 Å². The summed E-state index contributed by atoms with van der Waals surface area (Å²) in [6.07, 6.45) is 10.4. The molecule has 0 saturated heterocycles. The SMILES string of the molecule is C#C/C(=C\C=C\N(CCOC)CCOC)C(=O)OCCOC. The zero-order chi connectivity index (χ0) is 16.6. The predicted octanol–water partition coefficient (Wildman–Crippen LogP) is 0.844. The van der Waals surface area contributed by atoms with Crippen LogP contribution in [0.2, 0.25) is 0 Å². The fourth-order valence-electron chi connectivity index (χ4n) is 1.41. The van der Waals surface area contributed by atoms with Crippen LogP contribution in [0.25, 0.3) is 0 Å². The standard InChI is InChI=1S/C16H25NO5/c1-5-15(16(18)22-14-13-21-4)7-6-8-17(9-11-19-2)10-12-20-3/h1,6-8H,9-14H2,2-4H3/b8-6+,15-7+. The summed E-state index contributed by atoms with van der Waals surface area (Å²) in [6, 6.07) is 0. The zero-order valence-corrected chi connectivity index (χ0v) is 13.5. The average Bonchev–Trinajstić information content (AvgIpc) is 2.53. The first kappa shape index (κ1) is 20.2. The molecule has 0 atom stereocenters. The van der Waals surface area contributed by atoms with Crippen molar-refractivity contribution < 1.29 is 23.7 Å². The van der Waals surface area contributed by atoms with Crippen LogP contribution in [0.1, 0.15) is 0 Å². The Hall–Kier alpha value is -1.81. The maximum atomic E-state index is 11.7. The molecule has 0 aromatic carbocycles. The molecule has 0 unspecified atom stereocenters. The van der Waals surface area contributed by atoms with E-state index >= 15 is 0 Å². The van der Waals surface area contributed by atoms with E-state index < -0.39 is 5.97 Å². The second-order valence-electron chi connectivity index (χ2n) is 4.22. The summed E-state index contributed by atoms with van der Waals surface area (Å²) in [5.74, 6) is 1.78. The Balaban J connectivity index is 4.54. The number of terminal acetylenes is 1. The molecule has 0 spiro atoms. The summed E-state index contributed by atoms with van der Waals surface area (Å²) in [5, 5.41) is 0. The van der Waals surface area contributed by atoms with Crippen molar-refractivity contribution in [2.24, 2.45) is 0 Å². The van der Waals surface area contributed by atoms with Crippen LogP contribution in [0, 0.1) is 12.3 Å². The number of esters is 1. The molecule has 0 rings (SSSR count). The second-order valence-corrected chi connectivity index (χ2v) is 4.22. The quantitative estimate of drug-likeness (QED) is 0.175. The Labute approximate surface area is 132 Å². The van der Waals surface area contributed by atoms with Gasteiger partial charge in [0.2, 0.25) is 0 Å². The van der Waals surface area contributed by atoms with Gasteiger partial charge in [0.15, 0.2) is 0 Å². The van der Waals surface area contributed by atoms with Gasteiger partial charge in [0, 0.05) is 34.4 Å². The van der Waals surface area contributed by atoms with E-state index in [0.29, 0.717) is 32.9 Å². The summed E-state index contributed by atoms with van der Waals surface area (Å²) >= 11 is 0. The molecule has 0 N–H and O–H groups in total. The maximum absolute atomic E-state index is 11.7. The van der Waals surface area contributed by atoms with Gasteiger partial charge in [-0.15, -0.1) is 6.42 Å². The summed E-state index contributed by atoms with van der Waals surface area (Å²) < 4.78 is 19.8. The lowest BCUT2D eigenvalue weighted by molar-refractivity contribution is -0.139. The minimum absolute atomic E-state index is 0.158. The molecule has 0 bridgehead atoms. The number of methoxy groups -OCH3 is 3. The molecule has 0 saturated carbocycles. The smallest absolute Gasteiger partial charge is 0.346 e. The van der Waals surface area contributed by atoms with Gasteiger partial charge in [-0.3, -0.25) is 0 Å². The normalized spacial score (nSPS) is 11.5. The van der Waals surface area contributed by atoms with Crippen LogP contribution in [-0.4, -0.2) is 71.7 Å². The Morgan fingerprint density at radius 1 is 1.05 bits per heavy atom. The number of rotatable bonds is 12. The van der Waals surface area contributed by atoms with E-state index in [-0.39, 0.29) is 12.2 Å². The van der Waals surface area contributed by atoms with Gasteiger partial charge in [0.1, 0.15) is 12.2 Å². The lowest BCUT2D eigenvalue weighted by atomic mass is 10.2. The van der Waals surface area contributed by atoms with Gasteiger partial charge < -0.3 is 23.8 Å². The molecular formula is C16H25NO5. The number of allylic oxidation sites excluding steroid dienone is 2. The number of ether oxygens (including phenoxy) is 4. The van der Waals surface area contributed by atoms with Crippen molar-refractivity contribution in [2.45, 2.75) is 0 Å². The number of carbonyl (C=O) groups is 1. The number of hydrogen-bond acceptors (Lipinski definition) is 6. The largest absolute Gasteiger partial charge is 0.459 e. The fraction of sp³-hybridized carbons (Fsp3) is 0.562. The average molecular weight is 311 g/mol. The van der Waals surface area contributed by atoms with Crippen LogP contribution < -0.4 is 0 Å². The minimum atomic E-state index is -0.537. The molecule has 0 radical (unpaired) electrons. The van der Waals surface area contributed by atoms with E-state index in [1.165, 1.54) is 7.11 Å². The highest BCUT2D eigenvalue weighted by Gasteiger charge is 2.07. The third-order valence-corrected chi connectivity index (χ3v) is 2.62. The minimum Gasteiger partial charge on any atom is -0.459 e. The van der Waals surface area contributed by atoms with E-state index in [9.17, 15) is 4.79 Å². The highest BCUT2D eigenvalue weighted by Crippen LogP contribution is 1.99. The monoisotopic (exact) mass is 311 g/mol. The van der Waals surface area contributed by atoms with Gasteiger partial charge in [-0.05, 0) is 18.4 Å². The Bertz CT molecular complexity index is 390. The van der Waals surface area contributed by atoms with E-state index in [4.69, 9.17) is 25.4 Å². The zero-order valence-electron chi connectivity index (χ0n) is 13.5. The van der Waals surface area contributed by atoms with Crippen LogP contribution >= 0.6 is 0 Å². The lowest BCUT2D eigenvalue weighted by Crippen LogP contribution is -2.25. The van der Waals surface area contributed by atoms with Crippen molar-refractivity contribution in [3.8, 4) is 12.3 Å². The highest BCUT2D eigenvalue weighted by atomic mass is 16.6. The Morgan fingerprint density at radius 3 is 2.14 bits per heavy atom. The van der Waals surface area contributed by atoms with E-state index in [1.807, 2.05) is 11.1 Å². The first-order valence-corrected chi connectivity index (χ1v) is 6.92. The van der Waals surface area contributed by atoms with Crippen molar-refractivity contribution in [1.82, 2.24) is 4.90 Å². The van der Waals surface area contributed by atoms with E-state index in [1.54, 1.807) is 26.4 Å². The van der Waals surface area contributed by atoms with Crippen LogP contribution in [0.3, 0.4) is 0 Å². The number of carbonyl (C=O) groups excluding carboxylic acids is 1. The molecule has 0 aromatic heterocycles. The van der Waals surface area contributed by atoms with Gasteiger partial charge in [0.05, 0.1) is 19.8 Å². The van der Waals surface area contributed by atoms with Crippen molar-refractivity contribution in [3.63, 3.8) is 0 Å². The first-order valence-electron chi connectivity index (χ1n) is 6.92. The molecule has 22 heavy (non-hydrogen) atoms. The molecule has 0 aliphatic heterocycles. The third kappa shape index (κ3) is 10.00. The molecule has 6 heteroatoms. The molecular weight excluding hydrogens is 286 g/mol. The summed E-state index contributed by atoms with van der Waals surface area (Å²) in [7, 11) is 4.82. The van der Waals surface area contributed by atoms with Gasteiger partial charge >= 0.3 is 5.97 Å². The van der Waals surface area contributed by atoms with Gasteiger partial charge in [-0.2, -0.15) is 0 Å². The third-order valence-electron chi connectivity index (χ3n) is 2.62. The van der Waals surface area contributed by atoms with Crippen LogP contribution in [0.15, 0.2) is 23.9 Å². The summed E-state index contributed by atoms with van der Waals surface area (Å²) in [6.45, 7) is 3.13. The molecule has 0 aromatic rings. The molecule has 0 amide bonds. The molecule has 0 heterocycles. The van der Waals surface area contributed by atoms with Gasteiger partial charge in [-0.1, -0.05) is 5.92 Å². The molecule has 6 nitrogen and oxygen atoms in total. The lowest BCUT2D eigenvalue weighted by Gasteiger charge is -2.19. The van der Waals surface area contributed by atoms with Gasteiger partial charge in [-0.25, -0.2) is 4.79 Å². The van der Waals surface area contributed by atoms with Crippen molar-refractivity contribution >= 4 is 5.97 Å². The molecule has 0 aliphatic rings. The topological polar surface area (TPSA) is 57.2 Å². The molecule has 124 valence electrons. The van der Waals surface area contributed by atoms with Crippen molar-refractivity contribution in [1.29, 1.82) is 0 Å².